The van der Waals surface area contributed by atoms with E-state index in [1.165, 1.54) is 29.5 Å². The van der Waals surface area contributed by atoms with Crippen LogP contribution in [0.1, 0.15) is 32.0 Å². The van der Waals surface area contributed by atoms with Crippen molar-refractivity contribution in [1.82, 2.24) is 0 Å². The average molecular weight is 415 g/mol. The Hall–Kier alpha value is -2.70. The molecule has 0 unspecified atom stereocenters. The standard InChI is InChI=1S/C21H16ClFN2O2S/c22-15-5-1-6-16(23)19(15)20(26)24-14-9-8-13-4-2-10-25(17(13)12-14)21(27)18-7-3-11-28-18/h1,3,5-9,11-12H,2,4,10H2,(H,24,26). The highest BCUT2D eigenvalue weighted by Crippen LogP contribution is 2.32. The van der Waals surface area contributed by atoms with Crippen molar-refractivity contribution in [1.29, 1.82) is 0 Å². The molecule has 0 aliphatic carbocycles. The third-order valence-corrected chi connectivity index (χ3v) is 5.80. The molecule has 1 N–H and O–H groups in total. The van der Waals surface area contributed by atoms with Crippen LogP contribution in [0.5, 0.6) is 0 Å². The third-order valence-electron chi connectivity index (χ3n) is 4.63. The number of carbonyl (C=O) groups is 2. The Morgan fingerprint density at radius 2 is 2.00 bits per heavy atom. The molecule has 0 saturated heterocycles. The number of nitrogens with zero attached hydrogens (tertiary/aromatic N) is 1. The number of anilines is 2. The first-order valence-electron chi connectivity index (χ1n) is 8.78. The number of aryl methyl sites for hydroxylation is 1. The van der Waals surface area contributed by atoms with Crippen molar-refractivity contribution in [2.75, 3.05) is 16.8 Å². The summed E-state index contributed by atoms with van der Waals surface area (Å²) >= 11 is 7.37. The first-order chi connectivity index (χ1) is 13.5. The van der Waals surface area contributed by atoms with Crippen molar-refractivity contribution in [3.05, 3.63) is 80.8 Å². The molecule has 2 aromatic carbocycles. The molecule has 1 aromatic heterocycles. The van der Waals surface area contributed by atoms with E-state index in [-0.39, 0.29) is 16.5 Å². The van der Waals surface area contributed by atoms with E-state index < -0.39 is 11.7 Å². The molecule has 2 heterocycles. The van der Waals surface area contributed by atoms with Gasteiger partial charge in [0.1, 0.15) is 5.82 Å². The van der Waals surface area contributed by atoms with E-state index in [9.17, 15) is 14.0 Å². The Kier molecular flexibility index (Phi) is 5.15. The number of thiophene rings is 1. The minimum absolute atomic E-state index is 0.0463. The fourth-order valence-electron chi connectivity index (χ4n) is 3.30. The van der Waals surface area contributed by atoms with Crippen LogP contribution < -0.4 is 10.2 Å². The smallest absolute Gasteiger partial charge is 0.268 e. The van der Waals surface area contributed by atoms with Crippen molar-refractivity contribution < 1.29 is 14.0 Å². The highest BCUT2D eigenvalue weighted by molar-refractivity contribution is 7.12. The molecule has 0 radical (unpaired) electrons. The number of hydrogen-bond donors (Lipinski definition) is 1. The molecule has 28 heavy (non-hydrogen) atoms. The van der Waals surface area contributed by atoms with Gasteiger partial charge in [-0.2, -0.15) is 0 Å². The lowest BCUT2D eigenvalue weighted by atomic mass is 10.0. The number of hydrogen-bond acceptors (Lipinski definition) is 3. The summed E-state index contributed by atoms with van der Waals surface area (Å²) < 4.78 is 14.0. The summed E-state index contributed by atoms with van der Waals surface area (Å²) in [5.74, 6) is -1.37. The highest BCUT2D eigenvalue weighted by Gasteiger charge is 2.25. The van der Waals surface area contributed by atoms with E-state index in [2.05, 4.69) is 5.32 Å². The number of amides is 2. The van der Waals surface area contributed by atoms with Gasteiger partial charge in [-0.05, 0) is 54.1 Å². The molecular weight excluding hydrogens is 399 g/mol. The van der Waals surface area contributed by atoms with E-state index in [1.54, 1.807) is 23.1 Å². The normalized spacial score (nSPS) is 13.1. The van der Waals surface area contributed by atoms with Gasteiger partial charge >= 0.3 is 0 Å². The van der Waals surface area contributed by atoms with Crippen LogP contribution >= 0.6 is 22.9 Å². The molecule has 0 fully saturated rings. The molecule has 0 bridgehead atoms. The second kappa shape index (κ2) is 7.73. The Morgan fingerprint density at radius 3 is 2.75 bits per heavy atom. The molecule has 3 aromatic rings. The predicted octanol–water partition coefficient (Wildman–Crippen LogP) is 5.39. The zero-order valence-electron chi connectivity index (χ0n) is 14.7. The van der Waals surface area contributed by atoms with Crippen molar-refractivity contribution in [3.8, 4) is 0 Å². The van der Waals surface area contributed by atoms with Gasteiger partial charge < -0.3 is 10.2 Å². The summed E-state index contributed by atoms with van der Waals surface area (Å²) in [4.78, 5) is 27.8. The van der Waals surface area contributed by atoms with E-state index >= 15 is 0 Å². The number of benzene rings is 2. The second-order valence-electron chi connectivity index (χ2n) is 6.43. The van der Waals surface area contributed by atoms with Crippen molar-refractivity contribution >= 4 is 46.1 Å². The Bertz CT molecular complexity index is 1030. The maximum absolute atomic E-state index is 14.0. The minimum atomic E-state index is -0.683. The van der Waals surface area contributed by atoms with Crippen LogP contribution in [-0.4, -0.2) is 18.4 Å². The molecule has 2 amide bonds. The van der Waals surface area contributed by atoms with Gasteiger partial charge in [0.2, 0.25) is 0 Å². The molecule has 1 aliphatic rings. The molecule has 1 aliphatic heterocycles. The van der Waals surface area contributed by atoms with Crippen molar-refractivity contribution in [2.24, 2.45) is 0 Å². The highest BCUT2D eigenvalue weighted by atomic mass is 35.5. The van der Waals surface area contributed by atoms with Gasteiger partial charge in [0.25, 0.3) is 11.8 Å². The second-order valence-corrected chi connectivity index (χ2v) is 7.79. The molecule has 0 saturated carbocycles. The van der Waals surface area contributed by atoms with Gasteiger partial charge in [0, 0.05) is 17.9 Å². The van der Waals surface area contributed by atoms with Gasteiger partial charge in [-0.1, -0.05) is 29.8 Å². The number of rotatable bonds is 3. The largest absolute Gasteiger partial charge is 0.322 e. The van der Waals surface area contributed by atoms with Gasteiger partial charge in [-0.25, -0.2) is 4.39 Å². The zero-order chi connectivity index (χ0) is 19.7. The van der Waals surface area contributed by atoms with Crippen LogP contribution in [0, 0.1) is 5.82 Å². The van der Waals surface area contributed by atoms with Crippen LogP contribution in [0.4, 0.5) is 15.8 Å². The quantitative estimate of drug-likeness (QED) is 0.625. The first-order valence-corrected chi connectivity index (χ1v) is 10.0. The fourth-order valence-corrected chi connectivity index (χ4v) is 4.23. The summed E-state index contributed by atoms with van der Waals surface area (Å²) in [6, 6.07) is 13.1. The topological polar surface area (TPSA) is 49.4 Å². The van der Waals surface area contributed by atoms with Crippen LogP contribution in [0.2, 0.25) is 5.02 Å². The molecule has 4 rings (SSSR count). The lowest BCUT2D eigenvalue weighted by Gasteiger charge is -2.29. The van der Waals surface area contributed by atoms with Crippen LogP contribution in [-0.2, 0) is 6.42 Å². The lowest BCUT2D eigenvalue weighted by Crippen LogP contribution is -2.35. The molecule has 142 valence electrons. The summed E-state index contributed by atoms with van der Waals surface area (Å²) in [5.41, 5.74) is 2.09. The molecule has 7 heteroatoms. The number of carbonyl (C=O) groups excluding carboxylic acids is 2. The maximum Gasteiger partial charge on any atom is 0.268 e. The lowest BCUT2D eigenvalue weighted by molar-refractivity contribution is 0.0987. The SMILES string of the molecule is O=C(Nc1ccc2c(c1)N(C(=O)c1cccs1)CCC2)c1c(F)cccc1Cl. The third kappa shape index (κ3) is 3.53. The number of nitrogens with one attached hydrogen (secondary N) is 1. The van der Waals surface area contributed by atoms with Crippen molar-refractivity contribution in [3.63, 3.8) is 0 Å². The predicted molar refractivity (Wildman–Crippen MR) is 110 cm³/mol. The minimum Gasteiger partial charge on any atom is -0.322 e. The van der Waals surface area contributed by atoms with E-state index in [4.69, 9.17) is 11.6 Å². The van der Waals surface area contributed by atoms with E-state index in [1.807, 2.05) is 17.5 Å². The van der Waals surface area contributed by atoms with Crippen LogP contribution in [0.3, 0.4) is 0 Å². The van der Waals surface area contributed by atoms with E-state index in [0.717, 1.165) is 24.1 Å². The molecule has 0 atom stereocenters. The number of halogens is 2. The zero-order valence-corrected chi connectivity index (χ0v) is 16.3. The molecule has 0 spiro atoms. The number of fused-ring (bicyclic) bond motifs is 1. The monoisotopic (exact) mass is 414 g/mol. The summed E-state index contributed by atoms with van der Waals surface area (Å²) in [7, 11) is 0. The van der Waals surface area contributed by atoms with Gasteiger partial charge in [0.05, 0.1) is 15.5 Å². The summed E-state index contributed by atoms with van der Waals surface area (Å²) in [5, 5.41) is 4.60. The molecular formula is C21H16ClFN2O2S. The van der Waals surface area contributed by atoms with Gasteiger partial charge in [-0.3, -0.25) is 9.59 Å². The van der Waals surface area contributed by atoms with Crippen LogP contribution in [0.15, 0.2) is 53.9 Å². The average Bonchev–Trinajstić information content (AvgIpc) is 3.21. The van der Waals surface area contributed by atoms with Gasteiger partial charge in [0.15, 0.2) is 0 Å². The Labute approximate surface area is 170 Å². The van der Waals surface area contributed by atoms with E-state index in [0.29, 0.717) is 17.1 Å². The van der Waals surface area contributed by atoms with Gasteiger partial charge in [-0.15, -0.1) is 11.3 Å². The van der Waals surface area contributed by atoms with Crippen LogP contribution in [0.25, 0.3) is 0 Å². The van der Waals surface area contributed by atoms with Crippen molar-refractivity contribution in [2.45, 2.75) is 12.8 Å². The fraction of sp³-hybridized carbons (Fsp3) is 0.143. The molecule has 4 nitrogen and oxygen atoms in total. The Morgan fingerprint density at radius 1 is 1.14 bits per heavy atom. The maximum atomic E-state index is 14.0. The first kappa shape index (κ1) is 18.7. The summed E-state index contributed by atoms with van der Waals surface area (Å²) in [6.45, 7) is 0.611. The summed E-state index contributed by atoms with van der Waals surface area (Å²) in [6.07, 6.45) is 1.73. The Balaban J connectivity index is 1.63.